The molecule has 6 nitrogen and oxygen atoms in total. The van der Waals surface area contributed by atoms with Crippen LogP contribution in [0.1, 0.15) is 57.9 Å². The summed E-state index contributed by atoms with van der Waals surface area (Å²) >= 11 is 0. The summed E-state index contributed by atoms with van der Waals surface area (Å²) in [7, 11) is 1.55. The number of hydrogen-bond donors (Lipinski definition) is 2. The molecule has 0 unspecified atom stereocenters. The fourth-order valence-corrected chi connectivity index (χ4v) is 2.57. The van der Waals surface area contributed by atoms with Gasteiger partial charge in [0.15, 0.2) is 16.9 Å². The van der Waals surface area contributed by atoms with E-state index in [2.05, 4.69) is 6.92 Å². The molecule has 2 N–H and O–H groups in total. The molecule has 1 rings (SSSR count). The van der Waals surface area contributed by atoms with Gasteiger partial charge in [0.25, 0.3) is 0 Å². The Bertz CT molecular complexity index is 582. The molecule has 0 saturated heterocycles. The molecule has 0 radical (unpaired) electrons. The monoisotopic (exact) mass is 366 g/mol. The molecule has 0 fully saturated rings. The third kappa shape index (κ3) is 6.24. The predicted octanol–water partition coefficient (Wildman–Crippen LogP) is 4.15. The Balaban J connectivity index is 2.65. The van der Waals surface area contributed by atoms with Crippen molar-refractivity contribution in [2.75, 3.05) is 13.7 Å². The van der Waals surface area contributed by atoms with Gasteiger partial charge < -0.3 is 19.7 Å². The van der Waals surface area contributed by atoms with Crippen LogP contribution in [0.4, 0.5) is 0 Å². The van der Waals surface area contributed by atoms with Crippen molar-refractivity contribution in [1.82, 2.24) is 0 Å². The highest BCUT2D eigenvalue weighted by atomic mass is 16.5. The van der Waals surface area contributed by atoms with E-state index in [1.54, 1.807) is 19.2 Å². The highest BCUT2D eigenvalue weighted by molar-refractivity contribution is 5.97. The molecule has 0 spiro atoms. The second kappa shape index (κ2) is 10.7. The lowest BCUT2D eigenvalue weighted by molar-refractivity contribution is -0.163. The number of aliphatic carboxylic acids is 2. The minimum Gasteiger partial charge on any atom is -0.493 e. The Morgan fingerprint density at radius 1 is 1.04 bits per heavy atom. The van der Waals surface area contributed by atoms with Crippen LogP contribution in [0.2, 0.25) is 0 Å². The highest BCUT2D eigenvalue weighted by Crippen LogP contribution is 2.31. The Kier molecular flexibility index (Phi) is 8.96. The lowest BCUT2D eigenvalue weighted by Crippen LogP contribution is -2.36. The van der Waals surface area contributed by atoms with E-state index in [0.29, 0.717) is 24.5 Å². The average molecular weight is 366 g/mol. The van der Waals surface area contributed by atoms with Gasteiger partial charge in [-0.25, -0.2) is 0 Å². The molecule has 0 heterocycles. The summed E-state index contributed by atoms with van der Waals surface area (Å²) in [6.45, 7) is 4.03. The van der Waals surface area contributed by atoms with Gasteiger partial charge in [-0.05, 0) is 43.9 Å². The summed E-state index contributed by atoms with van der Waals surface area (Å²) < 4.78 is 11.1. The van der Waals surface area contributed by atoms with Crippen LogP contribution in [0.25, 0.3) is 0 Å². The zero-order valence-corrected chi connectivity index (χ0v) is 15.9. The van der Waals surface area contributed by atoms with Crippen LogP contribution < -0.4 is 9.47 Å². The molecule has 6 heteroatoms. The predicted molar refractivity (Wildman–Crippen MR) is 98.9 cm³/mol. The molecular weight excluding hydrogens is 336 g/mol. The molecule has 146 valence electrons. The summed E-state index contributed by atoms with van der Waals surface area (Å²) in [5, 5.41) is 18.3. The van der Waals surface area contributed by atoms with Gasteiger partial charge in [0.05, 0.1) is 13.7 Å². The molecule has 0 amide bonds. The summed E-state index contributed by atoms with van der Waals surface area (Å²) in [6.07, 6.45) is 6.10. The van der Waals surface area contributed by atoms with Crippen molar-refractivity contribution in [1.29, 1.82) is 0 Å². The van der Waals surface area contributed by atoms with Gasteiger partial charge >= 0.3 is 11.9 Å². The molecule has 0 aliphatic carbocycles. The number of carboxylic acids is 2. The number of carboxylic acid groups (broad SMARTS) is 2. The van der Waals surface area contributed by atoms with Crippen LogP contribution in [0.3, 0.4) is 0 Å². The summed E-state index contributed by atoms with van der Waals surface area (Å²) in [6, 6.07) is 5.38. The first-order chi connectivity index (χ1) is 12.3. The third-order valence-corrected chi connectivity index (χ3v) is 4.59. The topological polar surface area (TPSA) is 93.1 Å². The zero-order chi connectivity index (χ0) is 19.6. The van der Waals surface area contributed by atoms with Crippen molar-refractivity contribution in [2.24, 2.45) is 5.41 Å². The van der Waals surface area contributed by atoms with Crippen molar-refractivity contribution in [3.8, 4) is 11.5 Å². The number of ether oxygens (including phenoxy) is 2. The van der Waals surface area contributed by atoms with E-state index >= 15 is 0 Å². The van der Waals surface area contributed by atoms with Crippen molar-refractivity contribution < 1.29 is 29.3 Å². The first-order valence-corrected chi connectivity index (χ1v) is 9.11. The standard InChI is InChI=1S/C20H30O6/c1-4-5-6-7-8-13-26-16-10-9-15(14-17(16)25-3)11-12-20(2,18(21)22)19(23)24/h9-10,14H,4-8,11-13H2,1-3H3,(H,21,22)(H,23,24). The molecule has 1 aromatic carbocycles. The Morgan fingerprint density at radius 2 is 1.69 bits per heavy atom. The Morgan fingerprint density at radius 3 is 2.27 bits per heavy atom. The van der Waals surface area contributed by atoms with Crippen LogP contribution in [-0.2, 0) is 16.0 Å². The molecule has 0 bridgehead atoms. The lowest BCUT2D eigenvalue weighted by Gasteiger charge is -2.19. The Hall–Kier alpha value is -2.24. The van der Waals surface area contributed by atoms with Crippen molar-refractivity contribution in [3.63, 3.8) is 0 Å². The van der Waals surface area contributed by atoms with Crippen LogP contribution in [0.15, 0.2) is 18.2 Å². The summed E-state index contributed by atoms with van der Waals surface area (Å²) in [4.78, 5) is 22.5. The lowest BCUT2D eigenvalue weighted by atomic mass is 9.84. The van der Waals surface area contributed by atoms with Gasteiger partial charge in [0.2, 0.25) is 0 Å². The third-order valence-electron chi connectivity index (χ3n) is 4.59. The second-order valence-corrected chi connectivity index (χ2v) is 6.69. The number of benzene rings is 1. The van der Waals surface area contributed by atoms with Crippen molar-refractivity contribution in [2.45, 2.75) is 58.8 Å². The number of unbranched alkanes of at least 4 members (excludes halogenated alkanes) is 4. The zero-order valence-electron chi connectivity index (χ0n) is 15.9. The number of aryl methyl sites for hydroxylation is 1. The van der Waals surface area contributed by atoms with Gasteiger partial charge in [-0.2, -0.15) is 0 Å². The number of hydrogen-bond acceptors (Lipinski definition) is 4. The van der Waals surface area contributed by atoms with E-state index in [1.807, 2.05) is 6.07 Å². The van der Waals surface area contributed by atoms with Crippen LogP contribution >= 0.6 is 0 Å². The SMILES string of the molecule is CCCCCCCOc1ccc(CCC(C)(C(=O)O)C(=O)O)cc1OC. The first-order valence-electron chi connectivity index (χ1n) is 9.11. The normalized spacial score (nSPS) is 11.2. The molecular formula is C20H30O6. The molecule has 1 aromatic rings. The summed E-state index contributed by atoms with van der Waals surface area (Å²) in [5.41, 5.74) is -0.994. The van der Waals surface area contributed by atoms with E-state index in [-0.39, 0.29) is 6.42 Å². The minimum atomic E-state index is -1.80. The molecule has 0 aromatic heterocycles. The van der Waals surface area contributed by atoms with Crippen LogP contribution in [-0.4, -0.2) is 35.9 Å². The largest absolute Gasteiger partial charge is 0.493 e. The fraction of sp³-hybridized carbons (Fsp3) is 0.600. The van der Waals surface area contributed by atoms with E-state index in [0.717, 1.165) is 18.4 Å². The maximum atomic E-state index is 11.2. The van der Waals surface area contributed by atoms with Gasteiger partial charge in [-0.1, -0.05) is 38.7 Å². The average Bonchev–Trinajstić information content (AvgIpc) is 2.62. The van der Waals surface area contributed by atoms with Crippen molar-refractivity contribution >= 4 is 11.9 Å². The fourth-order valence-electron chi connectivity index (χ4n) is 2.57. The molecule has 0 atom stereocenters. The second-order valence-electron chi connectivity index (χ2n) is 6.69. The number of rotatable bonds is 13. The van der Waals surface area contributed by atoms with Crippen LogP contribution in [0, 0.1) is 5.41 Å². The minimum absolute atomic E-state index is 0.00153. The van der Waals surface area contributed by atoms with Gasteiger partial charge in [0.1, 0.15) is 0 Å². The first kappa shape index (κ1) is 21.8. The van der Waals surface area contributed by atoms with Gasteiger partial charge in [-0.3, -0.25) is 9.59 Å². The van der Waals surface area contributed by atoms with E-state index in [9.17, 15) is 19.8 Å². The number of carbonyl (C=O) groups is 2. The van der Waals surface area contributed by atoms with Crippen LogP contribution in [0.5, 0.6) is 11.5 Å². The highest BCUT2D eigenvalue weighted by Gasteiger charge is 2.41. The summed E-state index contributed by atoms with van der Waals surface area (Å²) in [5.74, 6) is -1.45. The van der Waals surface area contributed by atoms with Crippen molar-refractivity contribution in [3.05, 3.63) is 23.8 Å². The maximum Gasteiger partial charge on any atom is 0.320 e. The smallest absolute Gasteiger partial charge is 0.320 e. The van der Waals surface area contributed by atoms with Gasteiger partial charge in [-0.15, -0.1) is 0 Å². The molecule has 0 saturated carbocycles. The molecule has 0 aliphatic heterocycles. The van der Waals surface area contributed by atoms with E-state index in [1.165, 1.54) is 26.2 Å². The maximum absolute atomic E-state index is 11.2. The Labute approximate surface area is 155 Å². The quantitative estimate of drug-likeness (QED) is 0.402. The molecule has 26 heavy (non-hydrogen) atoms. The molecule has 0 aliphatic rings. The van der Waals surface area contributed by atoms with Gasteiger partial charge in [0, 0.05) is 0 Å². The number of methoxy groups -OCH3 is 1. The van der Waals surface area contributed by atoms with E-state index < -0.39 is 17.4 Å². The van der Waals surface area contributed by atoms with E-state index in [4.69, 9.17) is 9.47 Å².